The maximum absolute atomic E-state index is 13.0. The van der Waals surface area contributed by atoms with E-state index >= 15 is 0 Å². The fourth-order valence-corrected chi connectivity index (χ4v) is 3.35. The molecule has 1 aliphatic heterocycles. The first-order valence-corrected chi connectivity index (χ1v) is 9.89. The molecule has 3 rings (SSSR count). The number of hydrogen-bond acceptors (Lipinski definition) is 5. The topological polar surface area (TPSA) is 67.7 Å². The van der Waals surface area contributed by atoms with E-state index in [2.05, 4.69) is 16.9 Å². The van der Waals surface area contributed by atoms with Crippen molar-refractivity contribution in [2.75, 3.05) is 39.3 Å². The molecule has 0 aliphatic carbocycles. The highest BCUT2D eigenvalue weighted by atomic mass is 16.5. The zero-order chi connectivity index (χ0) is 20.1. The molecule has 7 heteroatoms. The van der Waals surface area contributed by atoms with Crippen molar-refractivity contribution in [3.63, 3.8) is 0 Å². The van der Waals surface area contributed by atoms with Gasteiger partial charge in [0.2, 0.25) is 11.3 Å². The third-order valence-electron chi connectivity index (χ3n) is 4.87. The lowest BCUT2D eigenvalue weighted by Crippen LogP contribution is -2.49. The van der Waals surface area contributed by atoms with E-state index in [-0.39, 0.29) is 11.6 Å². The summed E-state index contributed by atoms with van der Waals surface area (Å²) in [7, 11) is 0. The van der Waals surface area contributed by atoms with Gasteiger partial charge in [-0.25, -0.2) is 4.68 Å². The molecule has 1 amide bonds. The van der Waals surface area contributed by atoms with Crippen molar-refractivity contribution in [2.45, 2.75) is 27.2 Å². The molecule has 0 N–H and O–H groups in total. The third-order valence-corrected chi connectivity index (χ3v) is 4.87. The quantitative estimate of drug-likeness (QED) is 0.763. The van der Waals surface area contributed by atoms with Crippen molar-refractivity contribution < 1.29 is 9.53 Å². The summed E-state index contributed by atoms with van der Waals surface area (Å²) in [6.45, 7) is 10.3. The van der Waals surface area contributed by atoms with E-state index in [1.165, 1.54) is 10.7 Å². The van der Waals surface area contributed by atoms with Gasteiger partial charge in [-0.3, -0.25) is 14.5 Å². The van der Waals surface area contributed by atoms with Crippen LogP contribution in [-0.4, -0.2) is 64.8 Å². The Hall–Kier alpha value is -2.67. The van der Waals surface area contributed by atoms with Crippen molar-refractivity contribution in [1.82, 2.24) is 19.6 Å². The van der Waals surface area contributed by atoms with Gasteiger partial charge < -0.3 is 9.64 Å². The van der Waals surface area contributed by atoms with E-state index in [1.54, 1.807) is 4.90 Å². The summed E-state index contributed by atoms with van der Waals surface area (Å²) < 4.78 is 7.13. The van der Waals surface area contributed by atoms with Crippen LogP contribution in [-0.2, 0) is 0 Å². The van der Waals surface area contributed by atoms with Gasteiger partial charge in [-0.2, -0.15) is 5.10 Å². The first kappa shape index (κ1) is 20.1. The molecule has 2 heterocycles. The van der Waals surface area contributed by atoms with Gasteiger partial charge in [0, 0.05) is 26.2 Å². The van der Waals surface area contributed by atoms with E-state index in [1.807, 2.05) is 38.1 Å². The van der Waals surface area contributed by atoms with Crippen LogP contribution in [0.15, 0.2) is 35.1 Å². The molecule has 1 aromatic carbocycles. The molecule has 1 saturated heterocycles. The minimum absolute atomic E-state index is 0.0621. The first-order chi connectivity index (χ1) is 13.5. The number of amides is 1. The SMILES string of the molecule is CCCN1CCN(C(=O)c2nn(-c3ccc(C)cc3)c(OCC)cc2=O)CC1. The molecule has 28 heavy (non-hydrogen) atoms. The first-order valence-electron chi connectivity index (χ1n) is 9.89. The van der Waals surface area contributed by atoms with Gasteiger partial charge in [0.15, 0.2) is 5.69 Å². The summed E-state index contributed by atoms with van der Waals surface area (Å²) >= 11 is 0. The fraction of sp³-hybridized carbons (Fsp3) is 0.476. The Kier molecular flexibility index (Phi) is 6.46. The summed E-state index contributed by atoms with van der Waals surface area (Å²) in [4.78, 5) is 29.6. The highest BCUT2D eigenvalue weighted by molar-refractivity contribution is 5.92. The lowest BCUT2D eigenvalue weighted by molar-refractivity contribution is 0.0628. The Morgan fingerprint density at radius 3 is 2.39 bits per heavy atom. The van der Waals surface area contributed by atoms with E-state index in [9.17, 15) is 9.59 Å². The lowest BCUT2D eigenvalue weighted by atomic mass is 10.2. The lowest BCUT2D eigenvalue weighted by Gasteiger charge is -2.34. The summed E-state index contributed by atoms with van der Waals surface area (Å²) in [6, 6.07) is 9.07. The number of carbonyl (C=O) groups excluding carboxylic acids is 1. The summed E-state index contributed by atoms with van der Waals surface area (Å²) in [5, 5.41) is 4.40. The number of piperazine rings is 1. The van der Waals surface area contributed by atoms with Crippen LogP contribution < -0.4 is 10.2 Å². The second kappa shape index (κ2) is 9.01. The Balaban J connectivity index is 1.91. The van der Waals surface area contributed by atoms with Gasteiger partial charge in [-0.1, -0.05) is 24.6 Å². The van der Waals surface area contributed by atoms with Crippen LogP contribution in [0.4, 0.5) is 0 Å². The monoisotopic (exact) mass is 384 g/mol. The summed E-state index contributed by atoms with van der Waals surface area (Å²) in [6.07, 6.45) is 1.09. The molecule has 0 atom stereocenters. The average Bonchev–Trinajstić information content (AvgIpc) is 2.70. The number of rotatable bonds is 6. The number of aryl methyl sites for hydroxylation is 1. The van der Waals surface area contributed by atoms with Gasteiger partial charge >= 0.3 is 0 Å². The van der Waals surface area contributed by atoms with Crippen LogP contribution in [0.5, 0.6) is 5.88 Å². The van der Waals surface area contributed by atoms with Crippen LogP contribution in [0.25, 0.3) is 5.69 Å². The smallest absolute Gasteiger partial charge is 0.278 e. The standard InChI is InChI=1S/C21H28N4O3/c1-4-10-23-11-13-24(14-12-23)21(27)20-18(26)15-19(28-5-2)25(22-20)17-8-6-16(3)7-9-17/h6-9,15H,4-5,10-14H2,1-3H3. The van der Waals surface area contributed by atoms with Gasteiger partial charge in [-0.05, 0) is 38.9 Å². The largest absolute Gasteiger partial charge is 0.478 e. The van der Waals surface area contributed by atoms with Crippen LogP contribution in [0.3, 0.4) is 0 Å². The molecule has 0 unspecified atom stereocenters. The summed E-state index contributed by atoms with van der Waals surface area (Å²) in [5.74, 6) is 0.0192. The Morgan fingerprint density at radius 1 is 1.11 bits per heavy atom. The third kappa shape index (κ3) is 4.42. The number of carbonyl (C=O) groups is 1. The van der Waals surface area contributed by atoms with Crippen molar-refractivity contribution >= 4 is 5.91 Å². The predicted molar refractivity (Wildman–Crippen MR) is 108 cm³/mol. The predicted octanol–water partition coefficient (Wildman–Crippen LogP) is 2.11. The highest BCUT2D eigenvalue weighted by Gasteiger charge is 2.26. The number of ether oxygens (including phenoxy) is 1. The molecule has 1 fully saturated rings. The highest BCUT2D eigenvalue weighted by Crippen LogP contribution is 2.17. The number of aromatic nitrogens is 2. The average molecular weight is 384 g/mol. The molecule has 0 bridgehead atoms. The molecule has 0 saturated carbocycles. The molecule has 1 aliphatic rings. The summed E-state index contributed by atoms with van der Waals surface area (Å²) in [5.41, 5.74) is 1.39. The van der Waals surface area contributed by atoms with Gasteiger partial charge in [-0.15, -0.1) is 0 Å². The Morgan fingerprint density at radius 2 is 1.79 bits per heavy atom. The van der Waals surface area contributed by atoms with Crippen LogP contribution in [0.2, 0.25) is 0 Å². The fourth-order valence-electron chi connectivity index (χ4n) is 3.35. The van der Waals surface area contributed by atoms with Crippen LogP contribution >= 0.6 is 0 Å². The van der Waals surface area contributed by atoms with Gasteiger partial charge in [0.25, 0.3) is 5.91 Å². The van der Waals surface area contributed by atoms with Crippen molar-refractivity contribution in [1.29, 1.82) is 0 Å². The maximum Gasteiger partial charge on any atom is 0.278 e. The molecule has 0 spiro atoms. The molecule has 0 radical (unpaired) electrons. The number of hydrogen-bond donors (Lipinski definition) is 0. The van der Waals surface area contributed by atoms with E-state index in [0.717, 1.165) is 37.3 Å². The second-order valence-electron chi connectivity index (χ2n) is 7.01. The molecule has 2 aromatic rings. The molecular formula is C21H28N4O3. The van der Waals surface area contributed by atoms with Crippen LogP contribution in [0.1, 0.15) is 36.3 Å². The number of benzene rings is 1. The minimum atomic E-state index is -0.409. The Bertz CT molecular complexity index is 868. The van der Waals surface area contributed by atoms with E-state index in [4.69, 9.17) is 4.74 Å². The van der Waals surface area contributed by atoms with Crippen molar-refractivity contribution in [3.05, 3.63) is 51.8 Å². The minimum Gasteiger partial charge on any atom is -0.478 e. The van der Waals surface area contributed by atoms with Gasteiger partial charge in [0.1, 0.15) is 0 Å². The van der Waals surface area contributed by atoms with Crippen molar-refractivity contribution in [2.24, 2.45) is 0 Å². The van der Waals surface area contributed by atoms with Gasteiger partial charge in [0.05, 0.1) is 18.4 Å². The zero-order valence-corrected chi connectivity index (χ0v) is 16.9. The van der Waals surface area contributed by atoms with E-state index < -0.39 is 5.43 Å². The van der Waals surface area contributed by atoms with Crippen molar-refractivity contribution in [3.8, 4) is 11.6 Å². The maximum atomic E-state index is 13.0. The molecule has 150 valence electrons. The Labute approximate surface area is 165 Å². The molecular weight excluding hydrogens is 356 g/mol. The van der Waals surface area contributed by atoms with E-state index in [0.29, 0.717) is 25.6 Å². The molecule has 1 aromatic heterocycles. The normalized spacial score (nSPS) is 14.9. The van der Waals surface area contributed by atoms with Crippen LogP contribution in [0, 0.1) is 6.92 Å². The second-order valence-corrected chi connectivity index (χ2v) is 7.01. The molecule has 7 nitrogen and oxygen atoms in total. The number of nitrogens with zero attached hydrogens (tertiary/aromatic N) is 4. The zero-order valence-electron chi connectivity index (χ0n) is 16.9.